The van der Waals surface area contributed by atoms with Crippen LogP contribution in [0.2, 0.25) is 0 Å². The molecule has 1 aliphatic heterocycles. The molecule has 0 bridgehead atoms. The Hall–Kier alpha value is -0.240. The molecule has 1 heterocycles. The van der Waals surface area contributed by atoms with Gasteiger partial charge in [-0.3, -0.25) is 9.80 Å². The van der Waals surface area contributed by atoms with Gasteiger partial charge < -0.3 is 21.3 Å². The molecule has 0 amide bonds. The molecule has 0 aromatic carbocycles. The van der Waals surface area contributed by atoms with Gasteiger partial charge in [-0.25, -0.2) is 0 Å². The van der Waals surface area contributed by atoms with Crippen LogP contribution in [0.1, 0.15) is 13.8 Å². The van der Waals surface area contributed by atoms with Crippen LogP contribution in [0.4, 0.5) is 0 Å². The van der Waals surface area contributed by atoms with Gasteiger partial charge in [-0.05, 0) is 27.9 Å². The summed E-state index contributed by atoms with van der Waals surface area (Å²) >= 11 is 0. The molecule has 18 heavy (non-hydrogen) atoms. The van der Waals surface area contributed by atoms with E-state index in [1.165, 1.54) is 0 Å². The predicted octanol–water partition coefficient (Wildman–Crippen LogP) is -1.17. The summed E-state index contributed by atoms with van der Waals surface area (Å²) < 4.78 is 0. The maximum atomic E-state index is 3.50. The van der Waals surface area contributed by atoms with E-state index in [0.717, 1.165) is 39.8 Å². The summed E-state index contributed by atoms with van der Waals surface area (Å²) in [5.41, 5.74) is 0. The third-order valence-electron chi connectivity index (χ3n) is 3.08. The lowest BCUT2D eigenvalue weighted by Gasteiger charge is -2.26. The first-order valence-corrected chi connectivity index (χ1v) is 6.83. The van der Waals surface area contributed by atoms with Crippen LogP contribution in [-0.4, -0.2) is 75.7 Å². The summed E-state index contributed by atoms with van der Waals surface area (Å²) in [5, 5.41) is 13.9. The van der Waals surface area contributed by atoms with Crippen molar-refractivity contribution in [3.05, 3.63) is 0 Å². The molecule has 0 radical (unpaired) electrons. The molecular weight excluding hydrogens is 228 g/mol. The molecule has 1 saturated heterocycles. The van der Waals surface area contributed by atoms with E-state index in [9.17, 15) is 0 Å². The van der Waals surface area contributed by atoms with E-state index >= 15 is 0 Å². The summed E-state index contributed by atoms with van der Waals surface area (Å²) in [4.78, 5) is 4.50. The van der Waals surface area contributed by atoms with Crippen LogP contribution in [0.15, 0.2) is 0 Å². The van der Waals surface area contributed by atoms with Crippen molar-refractivity contribution in [3.8, 4) is 0 Å². The molecule has 108 valence electrons. The van der Waals surface area contributed by atoms with Crippen molar-refractivity contribution in [2.24, 2.45) is 0 Å². The van der Waals surface area contributed by atoms with E-state index in [1.54, 1.807) is 0 Å². The number of rotatable bonds is 0. The van der Waals surface area contributed by atoms with Crippen LogP contribution in [0, 0.1) is 0 Å². The van der Waals surface area contributed by atoms with Crippen molar-refractivity contribution in [1.29, 1.82) is 0 Å². The quantitative estimate of drug-likeness (QED) is 0.439. The number of nitrogens with one attached hydrogen (secondary N) is 4. The Balaban J connectivity index is 2.36. The summed E-state index contributed by atoms with van der Waals surface area (Å²) in [5.74, 6) is 0. The van der Waals surface area contributed by atoms with Gasteiger partial charge in [0.05, 0.1) is 0 Å². The zero-order valence-electron chi connectivity index (χ0n) is 12.3. The number of nitrogens with zero attached hydrogens (tertiary/aromatic N) is 2. The SMILES string of the molecule is CC1CNCN(C)CNC(C)CNCN(C)CN1. The first-order valence-electron chi connectivity index (χ1n) is 6.83. The van der Waals surface area contributed by atoms with Gasteiger partial charge in [0.15, 0.2) is 0 Å². The highest BCUT2D eigenvalue weighted by molar-refractivity contribution is 4.67. The topological polar surface area (TPSA) is 54.6 Å². The van der Waals surface area contributed by atoms with Crippen molar-refractivity contribution >= 4 is 0 Å². The Morgan fingerprint density at radius 1 is 0.722 bits per heavy atom. The van der Waals surface area contributed by atoms with E-state index < -0.39 is 0 Å². The van der Waals surface area contributed by atoms with Gasteiger partial charge in [-0.2, -0.15) is 0 Å². The molecule has 0 aromatic heterocycles. The highest BCUT2D eigenvalue weighted by Crippen LogP contribution is 1.86. The molecule has 2 atom stereocenters. The van der Waals surface area contributed by atoms with Crippen LogP contribution in [0.3, 0.4) is 0 Å². The lowest BCUT2D eigenvalue weighted by Crippen LogP contribution is -2.50. The van der Waals surface area contributed by atoms with Gasteiger partial charge in [-0.15, -0.1) is 0 Å². The minimum absolute atomic E-state index is 0.482. The lowest BCUT2D eigenvalue weighted by molar-refractivity contribution is 0.233. The maximum absolute atomic E-state index is 3.50. The van der Waals surface area contributed by atoms with E-state index in [1.807, 2.05) is 0 Å². The molecule has 0 saturated carbocycles. The zero-order valence-corrected chi connectivity index (χ0v) is 12.3. The summed E-state index contributed by atoms with van der Waals surface area (Å²) in [6.07, 6.45) is 0. The first-order chi connectivity index (χ1) is 8.58. The van der Waals surface area contributed by atoms with Crippen molar-refractivity contribution in [3.63, 3.8) is 0 Å². The molecule has 2 unspecified atom stereocenters. The molecule has 0 spiro atoms. The largest absolute Gasteiger partial charge is 0.303 e. The van der Waals surface area contributed by atoms with Crippen LogP contribution in [0.25, 0.3) is 0 Å². The van der Waals surface area contributed by atoms with Gasteiger partial charge in [0.1, 0.15) is 0 Å². The lowest BCUT2D eigenvalue weighted by atomic mass is 10.3. The minimum atomic E-state index is 0.482. The molecular formula is C12H30N6. The van der Waals surface area contributed by atoms with Gasteiger partial charge in [0, 0.05) is 51.8 Å². The number of hydrogen-bond acceptors (Lipinski definition) is 6. The Bertz CT molecular complexity index is 171. The molecule has 4 N–H and O–H groups in total. The second-order valence-electron chi connectivity index (χ2n) is 5.46. The standard InChI is InChI=1S/C12H30N6/c1-11-5-13-7-18(4)10-16-12(2)6-14-8-17(3)9-15-11/h11-16H,5-10H2,1-4H3. The summed E-state index contributed by atoms with van der Waals surface area (Å²) in [6.45, 7) is 10.0. The third kappa shape index (κ3) is 7.25. The van der Waals surface area contributed by atoms with Crippen molar-refractivity contribution in [2.75, 3.05) is 53.9 Å². The van der Waals surface area contributed by atoms with Gasteiger partial charge in [0.25, 0.3) is 0 Å². The maximum Gasteiger partial charge on any atom is 0.0491 e. The Labute approximate surface area is 111 Å². The average molecular weight is 258 g/mol. The van der Waals surface area contributed by atoms with Crippen LogP contribution >= 0.6 is 0 Å². The second-order valence-corrected chi connectivity index (χ2v) is 5.46. The molecule has 6 heteroatoms. The fourth-order valence-electron chi connectivity index (χ4n) is 1.82. The smallest absolute Gasteiger partial charge is 0.0491 e. The second kappa shape index (κ2) is 8.79. The van der Waals surface area contributed by atoms with Crippen molar-refractivity contribution in [1.82, 2.24) is 31.1 Å². The zero-order chi connectivity index (χ0) is 13.4. The minimum Gasteiger partial charge on any atom is -0.303 e. The molecule has 1 aliphatic rings. The highest BCUT2D eigenvalue weighted by Gasteiger charge is 2.07. The van der Waals surface area contributed by atoms with E-state index in [4.69, 9.17) is 0 Å². The van der Waals surface area contributed by atoms with Gasteiger partial charge in [-0.1, -0.05) is 0 Å². The van der Waals surface area contributed by atoms with Crippen LogP contribution in [0.5, 0.6) is 0 Å². The Morgan fingerprint density at radius 2 is 1.11 bits per heavy atom. The van der Waals surface area contributed by atoms with E-state index in [2.05, 4.69) is 59.0 Å². The van der Waals surface area contributed by atoms with E-state index in [-0.39, 0.29) is 0 Å². The Kier molecular flexibility index (Phi) is 7.73. The summed E-state index contributed by atoms with van der Waals surface area (Å²) in [7, 11) is 4.25. The molecule has 0 aliphatic carbocycles. The monoisotopic (exact) mass is 258 g/mol. The Morgan fingerprint density at radius 3 is 1.50 bits per heavy atom. The summed E-state index contributed by atoms with van der Waals surface area (Å²) in [6, 6.07) is 0.964. The third-order valence-corrected chi connectivity index (χ3v) is 3.08. The molecule has 0 aromatic rings. The highest BCUT2D eigenvalue weighted by atomic mass is 15.3. The first kappa shape index (κ1) is 15.8. The van der Waals surface area contributed by atoms with Gasteiger partial charge >= 0.3 is 0 Å². The average Bonchev–Trinajstić information content (AvgIpc) is 2.33. The predicted molar refractivity (Wildman–Crippen MR) is 76.2 cm³/mol. The van der Waals surface area contributed by atoms with Crippen molar-refractivity contribution < 1.29 is 0 Å². The fourth-order valence-corrected chi connectivity index (χ4v) is 1.82. The fraction of sp³-hybridized carbons (Fsp3) is 1.00. The molecule has 6 nitrogen and oxygen atoms in total. The van der Waals surface area contributed by atoms with E-state index in [0.29, 0.717) is 12.1 Å². The van der Waals surface area contributed by atoms with Gasteiger partial charge in [0.2, 0.25) is 0 Å². The number of hydrogen-bond donors (Lipinski definition) is 4. The molecule has 1 rings (SSSR count). The van der Waals surface area contributed by atoms with Crippen molar-refractivity contribution in [2.45, 2.75) is 25.9 Å². The molecule has 1 fully saturated rings. The normalized spacial score (nSPS) is 32.0. The van der Waals surface area contributed by atoms with Crippen LogP contribution < -0.4 is 21.3 Å². The van der Waals surface area contributed by atoms with Crippen LogP contribution in [-0.2, 0) is 0 Å².